The van der Waals surface area contributed by atoms with Crippen LogP contribution in [0, 0.1) is 11.8 Å². The average Bonchev–Trinajstić information content (AvgIpc) is 3.06. The largest absolute Gasteiger partial charge is 0.480 e. The first-order chi connectivity index (χ1) is 15.3. The van der Waals surface area contributed by atoms with Crippen LogP contribution in [0.2, 0.25) is 0 Å². The van der Waals surface area contributed by atoms with Gasteiger partial charge in [0.1, 0.15) is 12.6 Å². The summed E-state index contributed by atoms with van der Waals surface area (Å²) in [6.07, 6.45) is 0.447. The third-order valence-corrected chi connectivity index (χ3v) is 6.40. The van der Waals surface area contributed by atoms with Gasteiger partial charge in [0.05, 0.1) is 0 Å². The Morgan fingerprint density at radius 2 is 1.56 bits per heavy atom. The van der Waals surface area contributed by atoms with Crippen LogP contribution in [0.25, 0.3) is 11.1 Å². The number of alkyl carbamates (subject to hydrolysis) is 1. The third-order valence-electron chi connectivity index (χ3n) is 6.40. The maximum absolute atomic E-state index is 12.3. The van der Waals surface area contributed by atoms with Crippen LogP contribution in [-0.4, -0.2) is 41.8 Å². The van der Waals surface area contributed by atoms with E-state index in [1.165, 1.54) is 11.1 Å². The Hall–Kier alpha value is -3.35. The summed E-state index contributed by atoms with van der Waals surface area (Å²) in [6, 6.07) is 15.3. The van der Waals surface area contributed by atoms with E-state index in [1.54, 1.807) is 13.8 Å². The molecule has 4 rings (SSSR count). The van der Waals surface area contributed by atoms with E-state index in [9.17, 15) is 19.5 Å². The predicted octanol–water partition coefficient (Wildman–Crippen LogP) is 3.53. The monoisotopic (exact) mass is 436 g/mol. The highest BCUT2D eigenvalue weighted by atomic mass is 16.5. The molecule has 0 unspecified atom stereocenters. The van der Waals surface area contributed by atoms with Crippen molar-refractivity contribution in [3.8, 4) is 11.1 Å². The van der Waals surface area contributed by atoms with Crippen LogP contribution in [0.4, 0.5) is 4.79 Å². The van der Waals surface area contributed by atoms with Gasteiger partial charge in [0, 0.05) is 17.9 Å². The number of carboxylic acid groups (broad SMARTS) is 1. The van der Waals surface area contributed by atoms with Crippen LogP contribution in [0.15, 0.2) is 48.5 Å². The number of benzene rings is 2. The van der Waals surface area contributed by atoms with Gasteiger partial charge in [0.2, 0.25) is 5.91 Å². The van der Waals surface area contributed by atoms with Crippen LogP contribution in [0.5, 0.6) is 0 Å². The van der Waals surface area contributed by atoms with E-state index in [2.05, 4.69) is 34.9 Å². The normalized spacial score (nSPS) is 20.0. The minimum absolute atomic E-state index is 0.00273. The first-order valence-electron chi connectivity index (χ1n) is 11.0. The van der Waals surface area contributed by atoms with Crippen LogP contribution in [0.3, 0.4) is 0 Å². The molecule has 1 saturated carbocycles. The van der Waals surface area contributed by atoms with Crippen molar-refractivity contribution in [3.63, 3.8) is 0 Å². The molecule has 2 aliphatic rings. The van der Waals surface area contributed by atoms with E-state index in [1.807, 2.05) is 24.3 Å². The highest BCUT2D eigenvalue weighted by Gasteiger charge is 2.38. The number of carbonyl (C=O) groups excluding carboxylic acids is 2. The lowest BCUT2D eigenvalue weighted by atomic mass is 9.79. The molecule has 0 aliphatic heterocycles. The van der Waals surface area contributed by atoms with E-state index in [0.29, 0.717) is 12.8 Å². The fraction of sp³-hybridized carbons (Fsp3) is 0.400. The number of carboxylic acids is 1. The topological polar surface area (TPSA) is 105 Å². The molecule has 0 aromatic heterocycles. The standard InChI is InChI=1S/C25H28N2O5/c1-14(2)22(24(29)30)27-23(28)15-11-16(12-15)26-25(31)32-13-21-19-9-5-3-7-17(19)18-8-4-6-10-20(18)21/h3-10,14-16,21-22H,11-13H2,1-2H3,(H,26,31)(H,27,28)(H,29,30)/t15?,16?,22-/m0/s1. The first-order valence-corrected chi connectivity index (χ1v) is 11.0. The highest BCUT2D eigenvalue weighted by molar-refractivity contribution is 5.86. The van der Waals surface area contributed by atoms with Crippen LogP contribution >= 0.6 is 0 Å². The van der Waals surface area contributed by atoms with E-state index in [4.69, 9.17) is 4.74 Å². The zero-order valence-corrected chi connectivity index (χ0v) is 18.2. The molecule has 3 N–H and O–H groups in total. The second kappa shape index (κ2) is 9.02. The molecule has 1 atom stereocenters. The Bertz CT molecular complexity index is 983. The molecule has 0 bridgehead atoms. The van der Waals surface area contributed by atoms with E-state index in [-0.39, 0.29) is 36.3 Å². The Kier molecular flexibility index (Phi) is 6.17. The lowest BCUT2D eigenvalue weighted by Gasteiger charge is -2.35. The lowest BCUT2D eigenvalue weighted by Crippen LogP contribution is -2.53. The summed E-state index contributed by atoms with van der Waals surface area (Å²) in [5.74, 6) is -1.82. The molecule has 0 saturated heterocycles. The molecule has 2 aromatic carbocycles. The van der Waals surface area contributed by atoms with Crippen molar-refractivity contribution in [2.24, 2.45) is 11.8 Å². The Morgan fingerprint density at radius 1 is 1.00 bits per heavy atom. The van der Waals surface area contributed by atoms with Crippen LogP contribution < -0.4 is 10.6 Å². The zero-order chi connectivity index (χ0) is 22.8. The quantitative estimate of drug-likeness (QED) is 0.616. The van der Waals surface area contributed by atoms with Crippen molar-refractivity contribution in [2.75, 3.05) is 6.61 Å². The Labute approximate surface area is 187 Å². The summed E-state index contributed by atoms with van der Waals surface area (Å²) < 4.78 is 5.54. The molecule has 0 radical (unpaired) electrons. The van der Waals surface area contributed by atoms with Crippen molar-refractivity contribution in [2.45, 2.75) is 44.7 Å². The number of rotatable bonds is 7. The summed E-state index contributed by atoms with van der Waals surface area (Å²) in [5, 5.41) is 14.6. The first kappa shape index (κ1) is 21.9. The van der Waals surface area contributed by atoms with Gasteiger partial charge in [-0.2, -0.15) is 0 Å². The molecular formula is C25H28N2O5. The number of fused-ring (bicyclic) bond motifs is 3. The van der Waals surface area contributed by atoms with Gasteiger partial charge in [-0.1, -0.05) is 62.4 Å². The SMILES string of the molecule is CC(C)[C@H](NC(=O)C1CC(NC(=O)OCC2c3ccccc3-c3ccccc32)C1)C(=O)O. The van der Waals surface area contributed by atoms with E-state index < -0.39 is 18.1 Å². The van der Waals surface area contributed by atoms with Gasteiger partial charge in [-0.15, -0.1) is 0 Å². The number of amides is 2. The third kappa shape index (κ3) is 4.33. The van der Waals surface area contributed by atoms with Crippen LogP contribution in [-0.2, 0) is 14.3 Å². The van der Waals surface area contributed by atoms with E-state index in [0.717, 1.165) is 11.1 Å². The second-order valence-electron chi connectivity index (χ2n) is 8.90. The maximum atomic E-state index is 12.3. The zero-order valence-electron chi connectivity index (χ0n) is 18.2. The average molecular weight is 437 g/mol. The van der Waals surface area contributed by atoms with Gasteiger partial charge in [-0.05, 0) is 41.0 Å². The molecule has 2 amide bonds. The molecular weight excluding hydrogens is 408 g/mol. The van der Waals surface area contributed by atoms with Gasteiger partial charge in [-0.3, -0.25) is 4.79 Å². The smallest absolute Gasteiger partial charge is 0.407 e. The van der Waals surface area contributed by atoms with Crippen molar-refractivity contribution < 1.29 is 24.2 Å². The molecule has 32 heavy (non-hydrogen) atoms. The number of nitrogens with one attached hydrogen (secondary N) is 2. The number of hydrogen-bond donors (Lipinski definition) is 3. The fourth-order valence-corrected chi connectivity index (χ4v) is 4.54. The minimum atomic E-state index is -1.04. The summed E-state index contributed by atoms with van der Waals surface area (Å²) in [6.45, 7) is 3.74. The van der Waals surface area contributed by atoms with Gasteiger partial charge in [-0.25, -0.2) is 9.59 Å². The van der Waals surface area contributed by atoms with Gasteiger partial charge >= 0.3 is 12.1 Å². The maximum Gasteiger partial charge on any atom is 0.407 e. The summed E-state index contributed by atoms with van der Waals surface area (Å²) in [4.78, 5) is 35.9. The van der Waals surface area contributed by atoms with Crippen molar-refractivity contribution in [1.82, 2.24) is 10.6 Å². The molecule has 168 valence electrons. The van der Waals surface area contributed by atoms with Crippen LogP contribution in [0.1, 0.15) is 43.7 Å². The number of aliphatic carboxylic acids is 1. The predicted molar refractivity (Wildman–Crippen MR) is 119 cm³/mol. The molecule has 0 heterocycles. The number of ether oxygens (including phenoxy) is 1. The Balaban J connectivity index is 1.27. The molecule has 1 fully saturated rings. The minimum Gasteiger partial charge on any atom is -0.480 e. The fourth-order valence-electron chi connectivity index (χ4n) is 4.54. The summed E-state index contributed by atoms with van der Waals surface area (Å²) >= 11 is 0. The Morgan fingerprint density at radius 3 is 2.09 bits per heavy atom. The van der Waals surface area contributed by atoms with Gasteiger partial charge < -0.3 is 20.5 Å². The molecule has 7 heteroatoms. The van der Waals surface area contributed by atoms with Crippen molar-refractivity contribution in [1.29, 1.82) is 0 Å². The molecule has 2 aliphatic carbocycles. The van der Waals surface area contributed by atoms with Gasteiger partial charge in [0.15, 0.2) is 0 Å². The molecule has 0 spiro atoms. The highest BCUT2D eigenvalue weighted by Crippen LogP contribution is 2.44. The number of carbonyl (C=O) groups is 3. The van der Waals surface area contributed by atoms with Gasteiger partial charge in [0.25, 0.3) is 0 Å². The summed E-state index contributed by atoms with van der Waals surface area (Å²) in [7, 11) is 0. The van der Waals surface area contributed by atoms with E-state index >= 15 is 0 Å². The van der Waals surface area contributed by atoms with Crippen molar-refractivity contribution >= 4 is 18.0 Å². The summed E-state index contributed by atoms with van der Waals surface area (Å²) in [5.41, 5.74) is 4.65. The molecule has 7 nitrogen and oxygen atoms in total. The molecule has 2 aromatic rings. The van der Waals surface area contributed by atoms with Crippen molar-refractivity contribution in [3.05, 3.63) is 59.7 Å². The lowest BCUT2D eigenvalue weighted by molar-refractivity contribution is -0.144. The number of hydrogen-bond acceptors (Lipinski definition) is 4. The second-order valence-corrected chi connectivity index (χ2v) is 8.90.